The van der Waals surface area contributed by atoms with Crippen molar-refractivity contribution < 1.29 is 8.78 Å². The van der Waals surface area contributed by atoms with Gasteiger partial charge < -0.3 is 4.40 Å². The van der Waals surface area contributed by atoms with E-state index in [1.807, 2.05) is 22.7 Å². The highest BCUT2D eigenvalue weighted by Gasteiger charge is 2.07. The van der Waals surface area contributed by atoms with Crippen LogP contribution in [0.1, 0.15) is 11.3 Å². The van der Waals surface area contributed by atoms with Gasteiger partial charge in [0.25, 0.3) is 0 Å². The second-order valence-electron chi connectivity index (χ2n) is 4.66. The number of halogens is 2. The fourth-order valence-electron chi connectivity index (χ4n) is 2.24. The first-order chi connectivity index (χ1) is 9.67. The van der Waals surface area contributed by atoms with Crippen LogP contribution in [0.3, 0.4) is 0 Å². The molecule has 4 heteroatoms. The third-order valence-electron chi connectivity index (χ3n) is 3.23. The lowest BCUT2D eigenvalue weighted by atomic mass is 10.0. The Morgan fingerprint density at radius 2 is 2.00 bits per heavy atom. The molecule has 3 aromatic rings. The third kappa shape index (κ3) is 2.29. The SMILES string of the molecule is [CH2]c1ccc(F)cc1-c1ccc2nc(CCF)cn2c1. The number of hydrogen-bond acceptors (Lipinski definition) is 1. The zero-order valence-corrected chi connectivity index (χ0v) is 10.8. The summed E-state index contributed by atoms with van der Waals surface area (Å²) in [6.07, 6.45) is 3.95. The maximum atomic E-state index is 13.4. The highest BCUT2D eigenvalue weighted by molar-refractivity contribution is 5.69. The van der Waals surface area contributed by atoms with Gasteiger partial charge in [0.05, 0.1) is 12.4 Å². The van der Waals surface area contributed by atoms with Crippen molar-refractivity contribution in [3.05, 3.63) is 66.7 Å². The molecule has 1 radical (unpaired) electrons. The highest BCUT2D eigenvalue weighted by Crippen LogP contribution is 2.24. The van der Waals surface area contributed by atoms with Crippen LogP contribution < -0.4 is 0 Å². The molecule has 0 aliphatic carbocycles. The second kappa shape index (κ2) is 5.04. The normalized spacial score (nSPS) is 11.2. The summed E-state index contributed by atoms with van der Waals surface area (Å²) < 4.78 is 27.5. The monoisotopic (exact) mass is 271 g/mol. The number of aryl methyl sites for hydroxylation is 1. The largest absolute Gasteiger partial charge is 0.306 e. The Kier molecular flexibility index (Phi) is 3.22. The van der Waals surface area contributed by atoms with Gasteiger partial charge in [-0.15, -0.1) is 0 Å². The van der Waals surface area contributed by atoms with Crippen molar-refractivity contribution in [2.24, 2.45) is 0 Å². The molecular weight excluding hydrogens is 258 g/mol. The van der Waals surface area contributed by atoms with Gasteiger partial charge in [0, 0.05) is 18.8 Å². The summed E-state index contributed by atoms with van der Waals surface area (Å²) in [7, 11) is 0. The quantitative estimate of drug-likeness (QED) is 0.707. The average molecular weight is 271 g/mol. The van der Waals surface area contributed by atoms with Crippen molar-refractivity contribution in [2.45, 2.75) is 6.42 Å². The molecule has 2 aromatic heterocycles. The number of hydrogen-bond donors (Lipinski definition) is 0. The maximum absolute atomic E-state index is 13.4. The predicted octanol–water partition coefficient (Wildman–Crippen LogP) is 3.83. The first kappa shape index (κ1) is 12.8. The van der Waals surface area contributed by atoms with Gasteiger partial charge in [-0.3, -0.25) is 4.39 Å². The molecule has 101 valence electrons. The Balaban J connectivity index is 2.10. The van der Waals surface area contributed by atoms with Crippen molar-refractivity contribution in [1.82, 2.24) is 9.38 Å². The van der Waals surface area contributed by atoms with Crippen LogP contribution in [-0.2, 0) is 6.42 Å². The highest BCUT2D eigenvalue weighted by atomic mass is 19.1. The summed E-state index contributed by atoms with van der Waals surface area (Å²) in [5.41, 5.74) is 3.81. The molecule has 0 amide bonds. The molecule has 0 unspecified atom stereocenters. The number of rotatable bonds is 3. The van der Waals surface area contributed by atoms with Crippen LogP contribution in [0.15, 0.2) is 42.7 Å². The van der Waals surface area contributed by atoms with Gasteiger partial charge in [0.1, 0.15) is 11.5 Å². The van der Waals surface area contributed by atoms with E-state index in [4.69, 9.17) is 0 Å². The van der Waals surface area contributed by atoms with E-state index in [1.165, 1.54) is 12.1 Å². The maximum Gasteiger partial charge on any atom is 0.137 e. The van der Waals surface area contributed by atoms with Gasteiger partial charge in [-0.1, -0.05) is 6.07 Å². The molecule has 0 bridgehead atoms. The Hall–Kier alpha value is -2.23. The molecule has 0 N–H and O–H groups in total. The second-order valence-corrected chi connectivity index (χ2v) is 4.66. The Bertz CT molecular complexity index is 762. The first-order valence-electron chi connectivity index (χ1n) is 6.33. The molecule has 2 nitrogen and oxygen atoms in total. The van der Waals surface area contributed by atoms with Crippen molar-refractivity contribution in [2.75, 3.05) is 6.67 Å². The van der Waals surface area contributed by atoms with Gasteiger partial charge in [0.2, 0.25) is 0 Å². The molecule has 0 fully saturated rings. The number of fused-ring (bicyclic) bond motifs is 1. The van der Waals surface area contributed by atoms with Gasteiger partial charge in [-0.05, 0) is 47.9 Å². The lowest BCUT2D eigenvalue weighted by Gasteiger charge is -2.06. The molecule has 3 rings (SSSR count). The third-order valence-corrected chi connectivity index (χ3v) is 3.23. The van der Waals surface area contributed by atoms with Crippen molar-refractivity contribution in [3.8, 4) is 11.1 Å². The van der Waals surface area contributed by atoms with Gasteiger partial charge in [0.15, 0.2) is 0 Å². The van der Waals surface area contributed by atoms with Gasteiger partial charge >= 0.3 is 0 Å². The first-order valence-corrected chi connectivity index (χ1v) is 6.33. The molecule has 0 aliphatic rings. The molecule has 1 aromatic carbocycles. The van der Waals surface area contributed by atoms with Crippen LogP contribution in [0.4, 0.5) is 8.78 Å². The number of benzene rings is 1. The van der Waals surface area contributed by atoms with Gasteiger partial charge in [-0.2, -0.15) is 0 Å². The zero-order chi connectivity index (χ0) is 14.1. The summed E-state index contributed by atoms with van der Waals surface area (Å²) in [5, 5.41) is 0. The molecule has 0 spiro atoms. The Labute approximate surface area is 115 Å². The van der Waals surface area contributed by atoms with E-state index in [-0.39, 0.29) is 5.82 Å². The number of nitrogens with zero attached hydrogens (tertiary/aromatic N) is 2. The molecule has 0 saturated heterocycles. The predicted molar refractivity (Wildman–Crippen MR) is 74.7 cm³/mol. The van der Waals surface area contributed by atoms with E-state index in [1.54, 1.807) is 12.3 Å². The van der Waals surface area contributed by atoms with E-state index >= 15 is 0 Å². The van der Waals surface area contributed by atoms with Crippen LogP contribution in [0.5, 0.6) is 0 Å². The smallest absolute Gasteiger partial charge is 0.137 e. The van der Waals surface area contributed by atoms with Gasteiger partial charge in [-0.25, -0.2) is 9.37 Å². The molecule has 2 heterocycles. The number of imidazole rings is 1. The minimum Gasteiger partial charge on any atom is -0.306 e. The minimum atomic E-state index is -0.427. The number of pyridine rings is 1. The zero-order valence-electron chi connectivity index (χ0n) is 10.8. The number of aromatic nitrogens is 2. The standard InChI is InChI=1S/C16H13F2N2/c1-11-2-4-13(18)8-15(11)12-3-5-16-19-14(6-7-17)10-20(16)9-12/h2-5,8-10H,1,6-7H2. The van der Waals surface area contributed by atoms with E-state index in [0.29, 0.717) is 12.1 Å². The van der Waals surface area contributed by atoms with Crippen LogP contribution in [0.2, 0.25) is 0 Å². The van der Waals surface area contributed by atoms with Crippen molar-refractivity contribution in [3.63, 3.8) is 0 Å². The molecule has 0 aliphatic heterocycles. The fraction of sp³-hybridized carbons (Fsp3) is 0.125. The summed E-state index contributed by atoms with van der Waals surface area (Å²) in [4.78, 5) is 4.31. The summed E-state index contributed by atoms with van der Waals surface area (Å²) in [6.45, 7) is 3.48. The van der Waals surface area contributed by atoms with Crippen LogP contribution in [0.25, 0.3) is 16.8 Å². The Morgan fingerprint density at radius 3 is 2.80 bits per heavy atom. The minimum absolute atomic E-state index is 0.295. The van der Waals surface area contributed by atoms with E-state index in [0.717, 1.165) is 22.3 Å². The Morgan fingerprint density at radius 1 is 1.15 bits per heavy atom. The van der Waals surface area contributed by atoms with Crippen molar-refractivity contribution in [1.29, 1.82) is 0 Å². The lowest BCUT2D eigenvalue weighted by Crippen LogP contribution is -1.89. The summed E-state index contributed by atoms with van der Waals surface area (Å²) in [6, 6.07) is 8.20. The van der Waals surface area contributed by atoms with E-state index in [9.17, 15) is 8.78 Å². The molecular formula is C16H13F2N2. The molecule has 0 atom stereocenters. The van der Waals surface area contributed by atoms with Crippen LogP contribution >= 0.6 is 0 Å². The molecule has 20 heavy (non-hydrogen) atoms. The fourth-order valence-corrected chi connectivity index (χ4v) is 2.24. The van der Waals surface area contributed by atoms with E-state index < -0.39 is 6.67 Å². The summed E-state index contributed by atoms with van der Waals surface area (Å²) >= 11 is 0. The van der Waals surface area contributed by atoms with Crippen LogP contribution in [-0.4, -0.2) is 16.1 Å². The average Bonchev–Trinajstić information content (AvgIpc) is 2.83. The van der Waals surface area contributed by atoms with E-state index in [2.05, 4.69) is 11.9 Å². The summed E-state index contributed by atoms with van der Waals surface area (Å²) in [5.74, 6) is -0.295. The topological polar surface area (TPSA) is 17.3 Å². The molecule has 0 saturated carbocycles. The lowest BCUT2D eigenvalue weighted by molar-refractivity contribution is 0.492. The van der Waals surface area contributed by atoms with Crippen LogP contribution in [0, 0.1) is 12.7 Å². The van der Waals surface area contributed by atoms with Crippen molar-refractivity contribution >= 4 is 5.65 Å². The number of alkyl halides is 1.